The van der Waals surface area contributed by atoms with Crippen LogP contribution < -0.4 is 0 Å². The first-order valence-corrected chi connectivity index (χ1v) is 6.13. The van der Waals surface area contributed by atoms with E-state index >= 15 is 0 Å². The molecule has 80 valence electrons. The molecular formula is C9H15O4P. The summed E-state index contributed by atoms with van der Waals surface area (Å²) in [6.45, 7) is 1.92. The third-order valence-electron chi connectivity index (χ3n) is 1.49. The van der Waals surface area contributed by atoms with Crippen molar-refractivity contribution in [3.63, 3.8) is 0 Å². The van der Waals surface area contributed by atoms with Gasteiger partial charge in [0.25, 0.3) is 0 Å². The van der Waals surface area contributed by atoms with Gasteiger partial charge in [-0.05, 0) is 0 Å². The lowest BCUT2D eigenvalue weighted by molar-refractivity contribution is -0.116. The number of hydrogen-bond donors (Lipinski definition) is 1. The molecule has 14 heavy (non-hydrogen) atoms. The average molecular weight is 218 g/mol. The molecular weight excluding hydrogens is 203 g/mol. The van der Waals surface area contributed by atoms with Gasteiger partial charge in [-0.1, -0.05) is 6.92 Å². The van der Waals surface area contributed by atoms with Crippen molar-refractivity contribution in [3.05, 3.63) is 0 Å². The van der Waals surface area contributed by atoms with Gasteiger partial charge in [-0.15, -0.1) is 11.8 Å². The lowest BCUT2D eigenvalue weighted by Gasteiger charge is -2.06. The van der Waals surface area contributed by atoms with Gasteiger partial charge in [0, 0.05) is 26.4 Å². The Morgan fingerprint density at radius 1 is 1.50 bits per heavy atom. The zero-order chi connectivity index (χ0) is 11.0. The maximum atomic E-state index is 11.1. The molecule has 0 amide bonds. The molecule has 0 aliphatic carbocycles. The van der Waals surface area contributed by atoms with E-state index in [1.807, 2.05) is 6.92 Å². The predicted octanol–water partition coefficient (Wildman–Crippen LogP) is 1.58. The van der Waals surface area contributed by atoms with Gasteiger partial charge in [0.1, 0.15) is 11.9 Å². The van der Waals surface area contributed by atoms with E-state index in [2.05, 4.69) is 16.4 Å². The molecule has 0 bridgehead atoms. The molecule has 5 heteroatoms. The first kappa shape index (κ1) is 13.4. The van der Waals surface area contributed by atoms with E-state index in [1.54, 1.807) is 0 Å². The van der Waals surface area contributed by atoms with Crippen LogP contribution in [0.3, 0.4) is 0 Å². The number of carbonyl (C=O) groups is 1. The van der Waals surface area contributed by atoms with Crippen molar-refractivity contribution in [2.24, 2.45) is 0 Å². The lowest BCUT2D eigenvalue weighted by atomic mass is 10.2. The normalized spacial score (nSPS) is 13.9. The van der Waals surface area contributed by atoms with Crippen LogP contribution in [0, 0.1) is 11.8 Å². The van der Waals surface area contributed by atoms with Gasteiger partial charge in [0.05, 0.1) is 0 Å². The Bertz CT molecular complexity index is 287. The van der Waals surface area contributed by atoms with Crippen molar-refractivity contribution in [2.45, 2.75) is 26.2 Å². The van der Waals surface area contributed by atoms with E-state index in [-0.39, 0.29) is 12.2 Å². The van der Waals surface area contributed by atoms with Crippen LogP contribution in [0.15, 0.2) is 0 Å². The van der Waals surface area contributed by atoms with Crippen LogP contribution in [0.2, 0.25) is 0 Å². The van der Waals surface area contributed by atoms with Crippen LogP contribution in [0.5, 0.6) is 0 Å². The topological polar surface area (TPSA) is 63.6 Å². The van der Waals surface area contributed by atoms with E-state index in [0.29, 0.717) is 6.42 Å². The molecule has 1 atom stereocenters. The van der Waals surface area contributed by atoms with Crippen molar-refractivity contribution in [3.8, 4) is 11.8 Å². The van der Waals surface area contributed by atoms with Crippen molar-refractivity contribution in [1.82, 2.24) is 0 Å². The zero-order valence-electron chi connectivity index (χ0n) is 8.45. The summed E-state index contributed by atoms with van der Waals surface area (Å²) in [6, 6.07) is 0. The van der Waals surface area contributed by atoms with Crippen molar-refractivity contribution in [2.75, 3.05) is 13.3 Å². The summed E-state index contributed by atoms with van der Waals surface area (Å²) in [4.78, 5) is 20.1. The van der Waals surface area contributed by atoms with Gasteiger partial charge >= 0.3 is 7.60 Å². The Morgan fingerprint density at radius 3 is 2.64 bits per heavy atom. The first-order valence-electron chi connectivity index (χ1n) is 4.37. The van der Waals surface area contributed by atoms with Gasteiger partial charge in [-0.25, -0.2) is 0 Å². The fourth-order valence-corrected chi connectivity index (χ4v) is 1.51. The van der Waals surface area contributed by atoms with Crippen molar-refractivity contribution >= 4 is 13.4 Å². The molecule has 0 aliphatic rings. The molecule has 0 saturated heterocycles. The predicted molar refractivity (Wildman–Crippen MR) is 54.0 cm³/mol. The van der Waals surface area contributed by atoms with Crippen LogP contribution in [0.1, 0.15) is 26.2 Å². The molecule has 0 spiro atoms. The van der Waals surface area contributed by atoms with Crippen molar-refractivity contribution < 1.29 is 18.8 Å². The highest BCUT2D eigenvalue weighted by Crippen LogP contribution is 2.40. The highest BCUT2D eigenvalue weighted by molar-refractivity contribution is 7.53. The number of rotatable bonds is 5. The molecule has 0 saturated carbocycles. The second-order valence-electron chi connectivity index (χ2n) is 2.72. The molecule has 0 aromatic heterocycles. The second-order valence-corrected chi connectivity index (χ2v) is 4.68. The molecule has 0 aromatic rings. The molecule has 1 unspecified atom stereocenters. The smallest absolute Gasteiger partial charge is 0.324 e. The monoisotopic (exact) mass is 218 g/mol. The largest absolute Gasteiger partial charge is 0.335 e. The van der Waals surface area contributed by atoms with Gasteiger partial charge in [-0.2, -0.15) is 0 Å². The quantitative estimate of drug-likeness (QED) is 0.562. The third kappa shape index (κ3) is 6.85. The Kier molecular flexibility index (Phi) is 6.48. The minimum atomic E-state index is -3.68. The fourth-order valence-electron chi connectivity index (χ4n) is 0.782. The SMILES string of the molecule is CCC#CCCC(=O)CP(=O)(O)OC. The van der Waals surface area contributed by atoms with Gasteiger partial charge in [0.15, 0.2) is 0 Å². The zero-order valence-corrected chi connectivity index (χ0v) is 9.34. The Hall–Kier alpha value is -0.620. The Labute approximate surface area is 84.2 Å². The summed E-state index contributed by atoms with van der Waals surface area (Å²) in [5, 5.41) is 0. The molecule has 0 rings (SSSR count). The number of ketones is 1. The summed E-state index contributed by atoms with van der Waals surface area (Å²) in [5.74, 6) is 5.31. The fraction of sp³-hybridized carbons (Fsp3) is 0.667. The summed E-state index contributed by atoms with van der Waals surface area (Å²) in [7, 11) is -2.57. The molecule has 0 aliphatic heterocycles. The maximum Gasteiger partial charge on any atom is 0.335 e. The molecule has 0 fully saturated rings. The van der Waals surface area contributed by atoms with E-state index < -0.39 is 13.8 Å². The van der Waals surface area contributed by atoms with Gasteiger partial charge < -0.3 is 9.42 Å². The van der Waals surface area contributed by atoms with Gasteiger partial charge in [0.2, 0.25) is 0 Å². The third-order valence-corrected chi connectivity index (χ3v) is 2.81. The number of Topliss-reactive ketones (excluding diaryl/α,β-unsaturated/α-hetero) is 1. The van der Waals surface area contributed by atoms with Crippen LogP contribution in [-0.2, 0) is 13.9 Å². The summed E-state index contributed by atoms with van der Waals surface area (Å²) < 4.78 is 15.2. The highest BCUT2D eigenvalue weighted by atomic mass is 31.2. The molecule has 0 heterocycles. The molecule has 0 aromatic carbocycles. The summed E-state index contributed by atoms with van der Waals surface area (Å²) in [5.41, 5.74) is 0. The van der Waals surface area contributed by atoms with Crippen LogP contribution in [0.25, 0.3) is 0 Å². The Balaban J connectivity index is 3.82. The first-order chi connectivity index (χ1) is 6.52. The minimum absolute atomic E-state index is 0.209. The molecule has 1 N–H and O–H groups in total. The van der Waals surface area contributed by atoms with Crippen LogP contribution in [-0.4, -0.2) is 23.9 Å². The van der Waals surface area contributed by atoms with Crippen LogP contribution in [0.4, 0.5) is 0 Å². The number of hydrogen-bond acceptors (Lipinski definition) is 3. The minimum Gasteiger partial charge on any atom is -0.324 e. The van der Waals surface area contributed by atoms with E-state index in [4.69, 9.17) is 4.89 Å². The van der Waals surface area contributed by atoms with Gasteiger partial charge in [-0.3, -0.25) is 9.36 Å². The van der Waals surface area contributed by atoms with Crippen LogP contribution >= 0.6 is 7.60 Å². The molecule has 4 nitrogen and oxygen atoms in total. The van der Waals surface area contributed by atoms with E-state index in [9.17, 15) is 9.36 Å². The van der Waals surface area contributed by atoms with Crippen molar-refractivity contribution in [1.29, 1.82) is 0 Å². The second kappa shape index (κ2) is 6.78. The highest BCUT2D eigenvalue weighted by Gasteiger charge is 2.21. The Morgan fingerprint density at radius 2 is 2.14 bits per heavy atom. The summed E-state index contributed by atoms with van der Waals surface area (Å²) in [6.07, 6.45) is 0.985. The standard InChI is InChI=1S/C9H15O4P/c1-3-4-5-6-7-9(10)8-14(11,12)13-2/h3,6-8H2,1-2H3,(H,11,12). The average Bonchev–Trinajstić information content (AvgIpc) is 2.12. The summed E-state index contributed by atoms with van der Waals surface area (Å²) >= 11 is 0. The van der Waals surface area contributed by atoms with E-state index in [1.165, 1.54) is 0 Å². The van der Waals surface area contributed by atoms with E-state index in [0.717, 1.165) is 13.5 Å². The number of carbonyl (C=O) groups excluding carboxylic acids is 1. The maximum absolute atomic E-state index is 11.1. The lowest BCUT2D eigenvalue weighted by Crippen LogP contribution is -2.05. The molecule has 0 radical (unpaired) electrons.